The molecule has 1 heterocycles. The molecule has 0 fully saturated rings. The highest BCUT2D eigenvalue weighted by atomic mass is 16.6. The van der Waals surface area contributed by atoms with Crippen molar-refractivity contribution in [2.45, 2.75) is 33.3 Å². The van der Waals surface area contributed by atoms with Gasteiger partial charge in [0, 0.05) is 29.4 Å². The molecule has 0 aromatic heterocycles. The lowest BCUT2D eigenvalue weighted by atomic mass is 9.86. The molecule has 2 aromatic carbocycles. The second-order valence-corrected chi connectivity index (χ2v) is 8.07. The third-order valence-electron chi connectivity index (χ3n) is 5.83. The van der Waals surface area contributed by atoms with Crippen LogP contribution in [0.3, 0.4) is 0 Å². The average molecular weight is 506 g/mol. The number of nitrogens with zero attached hydrogens (tertiary/aromatic N) is 3. The van der Waals surface area contributed by atoms with E-state index in [1.807, 2.05) is 43.3 Å². The molecule has 0 saturated heterocycles. The first kappa shape index (κ1) is 26.9. The molecule has 192 valence electrons. The summed E-state index contributed by atoms with van der Waals surface area (Å²) >= 11 is 0. The minimum Gasteiger partial charge on any atom is -0.482 e. The molecule has 1 unspecified atom stereocenters. The first-order chi connectivity index (χ1) is 17.8. The Morgan fingerprint density at radius 3 is 2.27 bits per heavy atom. The van der Waals surface area contributed by atoms with E-state index < -0.39 is 22.8 Å². The number of hydrogen-bond donors (Lipinski definition) is 0. The van der Waals surface area contributed by atoms with E-state index in [9.17, 15) is 19.7 Å². The predicted molar refractivity (Wildman–Crippen MR) is 134 cm³/mol. The number of allylic oxidation sites excluding steroid dienone is 1. The van der Waals surface area contributed by atoms with Crippen LogP contribution in [0.1, 0.15) is 32.3 Å². The Morgan fingerprint density at radius 1 is 1.05 bits per heavy atom. The molecule has 1 aliphatic rings. The zero-order valence-electron chi connectivity index (χ0n) is 20.8. The summed E-state index contributed by atoms with van der Waals surface area (Å²) < 4.78 is 16.6. The minimum absolute atomic E-state index is 0.0106. The Bertz CT molecular complexity index is 1260. The number of hydrogen-bond acceptors (Lipinski definition) is 9. The van der Waals surface area contributed by atoms with Gasteiger partial charge in [0.1, 0.15) is 18.8 Å². The molecule has 0 saturated carbocycles. The van der Waals surface area contributed by atoms with Crippen molar-refractivity contribution in [1.29, 1.82) is 5.26 Å². The lowest BCUT2D eigenvalue weighted by Gasteiger charge is -2.37. The molecule has 0 N–H and O–H groups in total. The second kappa shape index (κ2) is 12.4. The van der Waals surface area contributed by atoms with Gasteiger partial charge in [0.25, 0.3) is 5.69 Å². The van der Waals surface area contributed by atoms with Gasteiger partial charge >= 0.3 is 11.9 Å². The van der Waals surface area contributed by atoms with Crippen molar-refractivity contribution in [3.05, 3.63) is 93.0 Å². The van der Waals surface area contributed by atoms with Crippen molar-refractivity contribution in [1.82, 2.24) is 0 Å². The van der Waals surface area contributed by atoms with Crippen LogP contribution in [0.5, 0.6) is 0 Å². The first-order valence-corrected chi connectivity index (χ1v) is 11.6. The minimum atomic E-state index is -0.753. The van der Waals surface area contributed by atoms with Gasteiger partial charge in [0.05, 0.1) is 30.1 Å². The molecule has 3 rings (SSSR count). The van der Waals surface area contributed by atoms with Crippen molar-refractivity contribution >= 4 is 23.3 Å². The molecular weight excluding hydrogens is 478 g/mol. The number of nitriles is 1. The van der Waals surface area contributed by atoms with Crippen molar-refractivity contribution < 1.29 is 28.7 Å². The molecule has 10 nitrogen and oxygen atoms in total. The molecule has 10 heteroatoms. The van der Waals surface area contributed by atoms with Gasteiger partial charge in [0.15, 0.2) is 0 Å². The fourth-order valence-corrected chi connectivity index (χ4v) is 4.12. The maximum absolute atomic E-state index is 13.4. The third kappa shape index (κ3) is 5.95. The highest BCUT2D eigenvalue weighted by molar-refractivity contribution is 5.99. The molecule has 1 aliphatic heterocycles. The maximum Gasteiger partial charge on any atom is 0.340 e. The number of benzene rings is 2. The summed E-state index contributed by atoms with van der Waals surface area (Å²) in [6, 6.07) is 16.7. The van der Waals surface area contributed by atoms with Gasteiger partial charge in [-0.1, -0.05) is 44.2 Å². The van der Waals surface area contributed by atoms with Crippen molar-refractivity contribution in [2.24, 2.45) is 5.92 Å². The van der Waals surface area contributed by atoms with Gasteiger partial charge in [-0.25, -0.2) is 9.59 Å². The number of carbonyl (C=O) groups is 2. The Balaban J connectivity index is 2.11. The third-order valence-corrected chi connectivity index (χ3v) is 5.83. The lowest BCUT2D eigenvalue weighted by molar-refractivity contribution is -0.384. The zero-order valence-corrected chi connectivity index (χ0v) is 20.8. The summed E-state index contributed by atoms with van der Waals surface area (Å²) in [5.41, 5.74) is 1.93. The number of non-ortho nitro benzene ring substituents is 1. The van der Waals surface area contributed by atoms with Crippen LogP contribution in [0.15, 0.2) is 77.3 Å². The van der Waals surface area contributed by atoms with Crippen LogP contribution in [0, 0.1) is 27.4 Å². The van der Waals surface area contributed by atoms with Gasteiger partial charge < -0.3 is 14.2 Å². The van der Waals surface area contributed by atoms with Crippen LogP contribution in [-0.4, -0.2) is 30.6 Å². The fourth-order valence-electron chi connectivity index (χ4n) is 4.12. The van der Waals surface area contributed by atoms with E-state index in [1.54, 1.807) is 11.8 Å². The summed E-state index contributed by atoms with van der Waals surface area (Å²) in [7, 11) is 1.40. The molecule has 0 spiro atoms. The van der Waals surface area contributed by atoms with E-state index >= 15 is 0 Å². The largest absolute Gasteiger partial charge is 0.482 e. The van der Waals surface area contributed by atoms with Crippen molar-refractivity contribution in [3.63, 3.8) is 0 Å². The number of anilines is 1. The van der Waals surface area contributed by atoms with E-state index in [1.165, 1.54) is 31.4 Å². The van der Waals surface area contributed by atoms with Gasteiger partial charge in [-0.2, -0.15) is 5.26 Å². The SMILES string of the molecule is CCC1=C(C(=O)OCCC#N)C(C)C(C(=O)OCc2ccccc2)=C(OC)N1c1ccc([N+](=O)[O-])cc1. The Morgan fingerprint density at radius 2 is 1.70 bits per heavy atom. The van der Waals surface area contributed by atoms with E-state index in [2.05, 4.69) is 0 Å². The smallest absolute Gasteiger partial charge is 0.340 e. The fraction of sp³-hybridized carbons (Fsp3) is 0.296. The molecule has 0 bridgehead atoms. The van der Waals surface area contributed by atoms with Crippen LogP contribution >= 0.6 is 0 Å². The molecule has 37 heavy (non-hydrogen) atoms. The van der Waals surface area contributed by atoms with Gasteiger partial charge in [-0.3, -0.25) is 15.0 Å². The number of methoxy groups -OCH3 is 1. The molecule has 0 radical (unpaired) electrons. The zero-order chi connectivity index (χ0) is 26.9. The average Bonchev–Trinajstić information content (AvgIpc) is 2.91. The van der Waals surface area contributed by atoms with Crippen LogP contribution in [0.25, 0.3) is 0 Å². The predicted octanol–water partition coefficient (Wildman–Crippen LogP) is 4.77. The van der Waals surface area contributed by atoms with Crippen molar-refractivity contribution in [2.75, 3.05) is 18.6 Å². The van der Waals surface area contributed by atoms with Gasteiger partial charge in [-0.05, 0) is 24.1 Å². The normalized spacial score (nSPS) is 15.2. The van der Waals surface area contributed by atoms with Crippen molar-refractivity contribution in [3.8, 4) is 6.07 Å². The standard InChI is InChI=1S/C27H27N3O7/c1-4-22-23(26(31)36-16-8-15-28)18(2)24(27(32)37-17-19-9-6-5-7-10-19)25(35-3)29(22)20-11-13-21(14-12-20)30(33)34/h5-7,9-14,18H,4,8,16-17H2,1-3H3. The van der Waals surface area contributed by atoms with Crippen LogP contribution < -0.4 is 4.90 Å². The number of esters is 2. The monoisotopic (exact) mass is 505 g/mol. The highest BCUT2D eigenvalue weighted by Gasteiger charge is 2.41. The van der Waals surface area contributed by atoms with Crippen LogP contribution in [0.2, 0.25) is 0 Å². The lowest BCUT2D eigenvalue weighted by Crippen LogP contribution is -2.37. The molecule has 0 aliphatic carbocycles. The Labute approximate surface area is 214 Å². The van der Waals surface area contributed by atoms with E-state index in [-0.39, 0.29) is 42.4 Å². The Hall–Kier alpha value is -4.65. The summed E-state index contributed by atoms with van der Waals surface area (Å²) in [5, 5.41) is 20.0. The highest BCUT2D eigenvalue weighted by Crippen LogP contribution is 2.41. The van der Waals surface area contributed by atoms with Crippen LogP contribution in [-0.2, 0) is 30.4 Å². The van der Waals surface area contributed by atoms with E-state index in [4.69, 9.17) is 19.5 Å². The number of nitro benzene ring substituents is 1. The van der Waals surface area contributed by atoms with E-state index in [0.717, 1.165) is 5.56 Å². The van der Waals surface area contributed by atoms with Crippen LogP contribution in [0.4, 0.5) is 11.4 Å². The molecule has 0 amide bonds. The van der Waals surface area contributed by atoms with Gasteiger partial charge in [0.2, 0.25) is 5.88 Å². The Kier molecular flexibility index (Phi) is 9.00. The second-order valence-electron chi connectivity index (χ2n) is 8.07. The number of carbonyl (C=O) groups excluding carboxylic acids is 2. The molecular formula is C27H27N3O7. The topological polar surface area (TPSA) is 132 Å². The summed E-state index contributed by atoms with van der Waals surface area (Å²) in [6.07, 6.45) is 0.370. The number of ether oxygens (including phenoxy) is 3. The van der Waals surface area contributed by atoms with Gasteiger partial charge in [-0.15, -0.1) is 0 Å². The number of rotatable bonds is 10. The first-order valence-electron chi connectivity index (χ1n) is 11.6. The summed E-state index contributed by atoms with van der Waals surface area (Å²) in [4.78, 5) is 38.8. The molecule has 2 aromatic rings. The molecule has 1 atom stereocenters. The maximum atomic E-state index is 13.4. The number of nitro groups is 1. The summed E-state index contributed by atoms with van der Waals surface area (Å²) in [6.45, 7) is 3.42. The quantitative estimate of drug-likeness (QED) is 0.194. The summed E-state index contributed by atoms with van der Waals surface area (Å²) in [5.74, 6) is -1.96. The van der Waals surface area contributed by atoms with E-state index in [0.29, 0.717) is 17.8 Å².